The number of aryl methyl sites for hydroxylation is 1. The van der Waals surface area contributed by atoms with E-state index < -0.39 is 11.2 Å². The highest BCUT2D eigenvalue weighted by Gasteiger charge is 2.35. The lowest BCUT2D eigenvalue weighted by Gasteiger charge is -2.27. The summed E-state index contributed by atoms with van der Waals surface area (Å²) >= 11 is 3.55. The van der Waals surface area contributed by atoms with E-state index in [9.17, 15) is 9.59 Å². The molecule has 4 heterocycles. The number of hydrogen-bond acceptors (Lipinski definition) is 10. The zero-order chi connectivity index (χ0) is 35.8. The van der Waals surface area contributed by atoms with Gasteiger partial charge < -0.3 is 49.7 Å². The molecule has 1 saturated heterocycles. The Morgan fingerprint density at radius 3 is 1.98 bits per heavy atom. The van der Waals surface area contributed by atoms with Crippen molar-refractivity contribution in [3.63, 3.8) is 0 Å². The van der Waals surface area contributed by atoms with Gasteiger partial charge in [0.25, 0.3) is 0 Å². The van der Waals surface area contributed by atoms with E-state index in [-0.39, 0.29) is 25.5 Å². The predicted octanol–water partition coefficient (Wildman–Crippen LogP) is 7.45. The van der Waals surface area contributed by atoms with Crippen LogP contribution in [0.25, 0.3) is 5.57 Å². The van der Waals surface area contributed by atoms with Gasteiger partial charge in [0.05, 0.1) is 11.4 Å². The lowest BCUT2D eigenvalue weighted by molar-refractivity contribution is 0.0286. The third-order valence-corrected chi connectivity index (χ3v) is 9.44. The van der Waals surface area contributed by atoms with E-state index in [0.717, 1.165) is 44.5 Å². The maximum atomic E-state index is 12.3. The molecule has 0 saturated carbocycles. The van der Waals surface area contributed by atoms with Crippen LogP contribution in [-0.4, -0.2) is 85.8 Å². The third kappa shape index (κ3) is 8.47. The maximum absolute atomic E-state index is 12.3. The number of amides is 2. The molecule has 0 bridgehead atoms. The summed E-state index contributed by atoms with van der Waals surface area (Å²) in [6, 6.07) is 1.93. The molecular weight excluding hydrogens is 708 g/mol. The Balaban J connectivity index is 0.000000220. The first-order valence-electron chi connectivity index (χ1n) is 16.7. The molecule has 4 aliphatic rings. The number of carbonyl (C=O) groups is 2. The van der Waals surface area contributed by atoms with Crippen LogP contribution in [0.2, 0.25) is 0 Å². The van der Waals surface area contributed by atoms with Gasteiger partial charge in [-0.25, -0.2) is 9.59 Å². The standard InChI is InChI=1S/C18H23BrN2O4.C18H26N2O4.CH4/c1-10-12(15-16(14(20)13(10)19)24-8-7-23-15)11-5-6-21(9-11)17(22)25-18(2,3)4;1-11-9-13(19)15-16(23-8-7-22-15)14(11)12-5-6-20(10-12)17(21)24-18(2,3)4;/h5H,6-9,20H2,1-4H3;9,12H,5-8,10,19H2,1-4H3;1H4. The molecule has 6 rings (SSSR count). The van der Waals surface area contributed by atoms with Gasteiger partial charge in [0, 0.05) is 47.7 Å². The molecule has 4 N–H and O–H groups in total. The Morgan fingerprint density at radius 1 is 0.840 bits per heavy atom. The van der Waals surface area contributed by atoms with Gasteiger partial charge in [-0.2, -0.15) is 0 Å². The number of rotatable bonds is 2. The first kappa shape index (κ1) is 38.8. The summed E-state index contributed by atoms with van der Waals surface area (Å²) in [6.45, 7) is 19.5. The average Bonchev–Trinajstić information content (AvgIpc) is 3.70. The van der Waals surface area contributed by atoms with Crippen molar-refractivity contribution in [3.8, 4) is 23.0 Å². The number of fused-ring (bicyclic) bond motifs is 2. The van der Waals surface area contributed by atoms with E-state index in [1.807, 2.05) is 67.5 Å². The fourth-order valence-electron chi connectivity index (χ4n) is 6.36. The lowest BCUT2D eigenvalue weighted by Crippen LogP contribution is -2.35. The fraction of sp³-hybridized carbons (Fsp3) is 0.568. The maximum Gasteiger partial charge on any atom is 0.410 e. The van der Waals surface area contributed by atoms with Gasteiger partial charge in [0.15, 0.2) is 23.0 Å². The van der Waals surface area contributed by atoms with Crippen LogP contribution in [0.3, 0.4) is 0 Å². The summed E-state index contributed by atoms with van der Waals surface area (Å²) < 4.78 is 34.9. The molecular formula is C37H53BrN4O8. The average molecular weight is 762 g/mol. The number of halogens is 1. The Hall–Kier alpha value is -4.00. The van der Waals surface area contributed by atoms with Gasteiger partial charge in [-0.1, -0.05) is 13.5 Å². The minimum atomic E-state index is -0.518. The van der Waals surface area contributed by atoms with Gasteiger partial charge in [-0.05, 0) is 101 Å². The van der Waals surface area contributed by atoms with E-state index in [0.29, 0.717) is 81.2 Å². The van der Waals surface area contributed by atoms with Crippen LogP contribution >= 0.6 is 15.9 Å². The zero-order valence-electron chi connectivity index (χ0n) is 29.8. The highest BCUT2D eigenvalue weighted by molar-refractivity contribution is 9.10. The van der Waals surface area contributed by atoms with Gasteiger partial charge in [-0.3, -0.25) is 0 Å². The van der Waals surface area contributed by atoms with E-state index >= 15 is 0 Å². The highest BCUT2D eigenvalue weighted by atomic mass is 79.9. The number of nitrogen functional groups attached to an aromatic ring is 2. The van der Waals surface area contributed by atoms with Gasteiger partial charge in [-0.15, -0.1) is 0 Å². The van der Waals surface area contributed by atoms with Crippen molar-refractivity contribution in [2.75, 3.05) is 64.1 Å². The van der Waals surface area contributed by atoms with Crippen molar-refractivity contribution in [1.82, 2.24) is 9.80 Å². The van der Waals surface area contributed by atoms with Crippen molar-refractivity contribution in [2.24, 2.45) is 0 Å². The van der Waals surface area contributed by atoms with Crippen LogP contribution in [0.1, 0.15) is 83.6 Å². The van der Waals surface area contributed by atoms with Crippen molar-refractivity contribution in [2.45, 2.75) is 86.4 Å². The molecule has 2 aromatic rings. The quantitative estimate of drug-likeness (QED) is 0.296. The SMILES string of the molecule is C.Cc1c(Br)c(N)c2c(c1C1=CCN(C(=O)OC(C)(C)C)C1)OCCO2.Cc1cc(N)c2c(c1C1CCN(C(=O)OC(C)(C)C)C1)OCCO2. The molecule has 0 spiro atoms. The summed E-state index contributed by atoms with van der Waals surface area (Å²) in [5.74, 6) is 2.80. The summed E-state index contributed by atoms with van der Waals surface area (Å²) in [4.78, 5) is 28.0. The van der Waals surface area contributed by atoms with Crippen molar-refractivity contribution in [3.05, 3.63) is 38.9 Å². The van der Waals surface area contributed by atoms with Crippen LogP contribution in [0.5, 0.6) is 23.0 Å². The van der Waals surface area contributed by atoms with Crippen LogP contribution in [0.4, 0.5) is 21.0 Å². The number of likely N-dealkylation sites (tertiary alicyclic amines) is 1. The molecule has 2 aromatic carbocycles. The van der Waals surface area contributed by atoms with E-state index in [2.05, 4.69) is 15.9 Å². The van der Waals surface area contributed by atoms with Crippen molar-refractivity contribution >= 4 is 45.1 Å². The van der Waals surface area contributed by atoms with Crippen LogP contribution in [-0.2, 0) is 9.47 Å². The topological polar surface area (TPSA) is 148 Å². The predicted molar refractivity (Wildman–Crippen MR) is 199 cm³/mol. The normalized spacial score (nSPS) is 18.0. The largest absolute Gasteiger partial charge is 0.486 e. The number of ether oxygens (including phenoxy) is 6. The number of carbonyl (C=O) groups excluding carboxylic acids is 2. The van der Waals surface area contributed by atoms with Crippen LogP contribution in [0.15, 0.2) is 16.6 Å². The second-order valence-electron chi connectivity index (χ2n) is 14.6. The molecule has 0 aromatic heterocycles. The van der Waals surface area contributed by atoms with Crippen molar-refractivity contribution in [1.29, 1.82) is 0 Å². The lowest BCUT2D eigenvalue weighted by atomic mass is 9.92. The van der Waals surface area contributed by atoms with E-state index in [4.69, 9.17) is 39.9 Å². The van der Waals surface area contributed by atoms with E-state index in [1.54, 1.807) is 9.80 Å². The Kier molecular flexibility index (Phi) is 11.7. The second kappa shape index (κ2) is 15.1. The molecule has 0 radical (unpaired) electrons. The Labute approximate surface area is 304 Å². The molecule has 1 atom stereocenters. The Bertz CT molecular complexity index is 1650. The number of anilines is 2. The monoisotopic (exact) mass is 760 g/mol. The summed E-state index contributed by atoms with van der Waals surface area (Å²) in [7, 11) is 0. The molecule has 0 aliphatic carbocycles. The van der Waals surface area contributed by atoms with E-state index in [1.165, 1.54) is 0 Å². The van der Waals surface area contributed by atoms with Gasteiger partial charge in [0.1, 0.15) is 37.6 Å². The number of hydrogen-bond donors (Lipinski definition) is 2. The summed E-state index contributed by atoms with van der Waals surface area (Å²) in [5, 5.41) is 0. The first-order valence-corrected chi connectivity index (χ1v) is 17.5. The minimum Gasteiger partial charge on any atom is -0.486 e. The minimum absolute atomic E-state index is 0. The van der Waals surface area contributed by atoms with Gasteiger partial charge in [0.2, 0.25) is 0 Å². The molecule has 13 heteroatoms. The molecule has 276 valence electrons. The number of benzene rings is 2. The smallest absolute Gasteiger partial charge is 0.410 e. The second-order valence-corrected chi connectivity index (χ2v) is 15.4. The first-order chi connectivity index (χ1) is 22.9. The summed E-state index contributed by atoms with van der Waals surface area (Å²) in [5.41, 5.74) is 17.5. The van der Waals surface area contributed by atoms with Crippen LogP contribution < -0.4 is 30.4 Å². The van der Waals surface area contributed by atoms with Crippen molar-refractivity contribution < 1.29 is 38.0 Å². The van der Waals surface area contributed by atoms with Crippen LogP contribution in [0, 0.1) is 13.8 Å². The highest BCUT2D eigenvalue weighted by Crippen LogP contribution is 2.49. The Morgan fingerprint density at radius 2 is 1.38 bits per heavy atom. The molecule has 2 amide bonds. The molecule has 12 nitrogen and oxygen atoms in total. The number of nitrogens with zero attached hydrogens (tertiary/aromatic N) is 2. The fourth-order valence-corrected chi connectivity index (χ4v) is 6.74. The zero-order valence-corrected chi connectivity index (χ0v) is 31.4. The molecule has 1 unspecified atom stereocenters. The summed E-state index contributed by atoms with van der Waals surface area (Å²) in [6.07, 6.45) is 2.31. The van der Waals surface area contributed by atoms with Gasteiger partial charge >= 0.3 is 12.2 Å². The number of nitrogens with two attached hydrogens (primary N) is 2. The molecule has 50 heavy (non-hydrogen) atoms. The molecule has 1 fully saturated rings. The molecule has 4 aliphatic heterocycles. The third-order valence-electron chi connectivity index (χ3n) is 8.42.